The maximum Gasteiger partial charge on any atom is 0.255 e. The fourth-order valence-electron chi connectivity index (χ4n) is 1.54. The summed E-state index contributed by atoms with van der Waals surface area (Å²) >= 11 is 0. The summed E-state index contributed by atoms with van der Waals surface area (Å²) in [6, 6.07) is 1.72. The molecule has 0 unspecified atom stereocenters. The number of nitrogens with one attached hydrogen (secondary N) is 2. The van der Waals surface area contributed by atoms with E-state index in [0.717, 1.165) is 12.2 Å². The van der Waals surface area contributed by atoms with Gasteiger partial charge in [-0.3, -0.25) is 15.6 Å². The predicted molar refractivity (Wildman–Crippen MR) is 78.5 cm³/mol. The zero-order chi connectivity index (χ0) is 15.0. The van der Waals surface area contributed by atoms with Gasteiger partial charge in [0.25, 0.3) is 5.91 Å². The van der Waals surface area contributed by atoms with Crippen molar-refractivity contribution in [1.29, 1.82) is 0 Å². The van der Waals surface area contributed by atoms with Crippen LogP contribution in [0.15, 0.2) is 12.3 Å². The van der Waals surface area contributed by atoms with Crippen LogP contribution in [0.2, 0.25) is 0 Å². The van der Waals surface area contributed by atoms with Gasteiger partial charge in [0, 0.05) is 25.0 Å². The Morgan fingerprint density at radius 2 is 2.20 bits per heavy atom. The van der Waals surface area contributed by atoms with Crippen molar-refractivity contribution in [2.24, 2.45) is 5.84 Å². The lowest BCUT2D eigenvalue weighted by molar-refractivity contribution is 0.0900. The molecule has 0 saturated carbocycles. The predicted octanol–water partition coefficient (Wildman–Crippen LogP) is -0.0164. The number of hydrogen-bond donors (Lipinski definition) is 3. The molecule has 0 aliphatic rings. The van der Waals surface area contributed by atoms with Crippen molar-refractivity contribution in [2.75, 3.05) is 45.8 Å². The zero-order valence-electron chi connectivity index (χ0n) is 12.3. The lowest BCUT2D eigenvalue weighted by Crippen LogP contribution is -2.29. The number of likely N-dealkylation sites (N-methyl/N-ethyl adjacent to an activating group) is 1. The van der Waals surface area contributed by atoms with Gasteiger partial charge in [0.1, 0.15) is 0 Å². The third-order valence-corrected chi connectivity index (χ3v) is 2.66. The third kappa shape index (κ3) is 5.52. The van der Waals surface area contributed by atoms with Crippen LogP contribution < -0.4 is 16.6 Å². The Bertz CT molecular complexity index is 437. The summed E-state index contributed by atoms with van der Waals surface area (Å²) in [4.78, 5) is 18.1. The number of aromatic nitrogens is 1. The first-order valence-electron chi connectivity index (χ1n) is 6.48. The second-order valence-electron chi connectivity index (χ2n) is 4.69. The number of nitrogens with zero attached hydrogens (tertiary/aromatic N) is 2. The van der Waals surface area contributed by atoms with E-state index in [9.17, 15) is 4.79 Å². The number of pyridine rings is 1. The number of rotatable bonds is 8. The number of hydrazine groups is 1. The molecule has 0 saturated heterocycles. The van der Waals surface area contributed by atoms with Gasteiger partial charge < -0.3 is 20.4 Å². The molecule has 0 aliphatic carbocycles. The molecule has 20 heavy (non-hydrogen) atoms. The molecule has 0 bridgehead atoms. The van der Waals surface area contributed by atoms with Gasteiger partial charge in [-0.25, -0.2) is 0 Å². The zero-order valence-corrected chi connectivity index (χ0v) is 12.3. The smallest absolute Gasteiger partial charge is 0.255 e. The van der Waals surface area contributed by atoms with E-state index in [-0.39, 0.29) is 5.91 Å². The Morgan fingerprint density at radius 3 is 2.85 bits per heavy atom. The summed E-state index contributed by atoms with van der Waals surface area (Å²) in [6.45, 7) is 4.26. The molecule has 1 amide bonds. The molecule has 112 valence electrons. The van der Waals surface area contributed by atoms with Crippen molar-refractivity contribution in [1.82, 2.24) is 15.2 Å². The molecule has 0 fully saturated rings. The topological polar surface area (TPSA) is 92.5 Å². The first kappa shape index (κ1) is 16.4. The van der Waals surface area contributed by atoms with E-state index in [1.807, 2.05) is 25.9 Å². The van der Waals surface area contributed by atoms with Crippen molar-refractivity contribution in [3.05, 3.63) is 23.5 Å². The average Bonchev–Trinajstić information content (AvgIpc) is 2.41. The second-order valence-corrected chi connectivity index (χ2v) is 4.69. The van der Waals surface area contributed by atoms with E-state index < -0.39 is 0 Å². The van der Waals surface area contributed by atoms with Gasteiger partial charge >= 0.3 is 0 Å². The number of anilines is 1. The number of nitrogen functional groups attached to an aromatic ring is 1. The van der Waals surface area contributed by atoms with Crippen molar-refractivity contribution in [3.63, 3.8) is 0 Å². The maximum atomic E-state index is 12.0. The molecule has 7 heteroatoms. The Labute approximate surface area is 119 Å². The van der Waals surface area contributed by atoms with E-state index in [0.29, 0.717) is 31.0 Å². The largest absolute Gasteiger partial charge is 0.378 e. The number of aryl methyl sites for hydroxylation is 1. The number of ether oxygens (including phenoxy) is 1. The van der Waals surface area contributed by atoms with Gasteiger partial charge in [0.15, 0.2) is 0 Å². The fourth-order valence-corrected chi connectivity index (χ4v) is 1.54. The molecule has 1 rings (SSSR count). The third-order valence-electron chi connectivity index (χ3n) is 2.66. The molecule has 0 radical (unpaired) electrons. The highest BCUT2D eigenvalue weighted by Crippen LogP contribution is 2.13. The Kier molecular flexibility index (Phi) is 6.92. The lowest BCUT2D eigenvalue weighted by Gasteiger charge is -2.11. The summed E-state index contributed by atoms with van der Waals surface area (Å²) in [7, 11) is 3.97. The van der Waals surface area contributed by atoms with Crippen LogP contribution in [0.1, 0.15) is 16.1 Å². The quantitative estimate of drug-likeness (QED) is 0.352. The van der Waals surface area contributed by atoms with Crippen LogP contribution in [-0.4, -0.2) is 56.2 Å². The molecule has 1 aromatic rings. The number of amides is 1. The van der Waals surface area contributed by atoms with Gasteiger partial charge in [0.2, 0.25) is 0 Å². The summed E-state index contributed by atoms with van der Waals surface area (Å²) in [5.74, 6) is 5.17. The van der Waals surface area contributed by atoms with Crippen LogP contribution in [0.5, 0.6) is 0 Å². The first-order chi connectivity index (χ1) is 9.54. The monoisotopic (exact) mass is 281 g/mol. The molecule has 4 N–H and O–H groups in total. The normalized spacial score (nSPS) is 10.7. The highest BCUT2D eigenvalue weighted by atomic mass is 16.5. The first-order valence-corrected chi connectivity index (χ1v) is 6.48. The standard InChI is InChI=1S/C13H23N5O2/c1-10-8-12(17-14)11(9-16-10)13(19)15-4-6-20-7-5-18(2)3/h8-9H,4-7,14H2,1-3H3,(H,15,19)(H,16,17). The van der Waals surface area contributed by atoms with Gasteiger partial charge in [0.05, 0.1) is 24.5 Å². The Morgan fingerprint density at radius 1 is 1.45 bits per heavy atom. The van der Waals surface area contributed by atoms with E-state index in [1.165, 1.54) is 6.20 Å². The molecule has 0 aliphatic heterocycles. The SMILES string of the molecule is Cc1cc(NN)c(C(=O)NCCOCCN(C)C)cn1. The molecule has 0 atom stereocenters. The minimum absolute atomic E-state index is 0.221. The van der Waals surface area contributed by atoms with Crippen LogP contribution in [0.25, 0.3) is 0 Å². The van der Waals surface area contributed by atoms with Gasteiger partial charge in [-0.2, -0.15) is 0 Å². The van der Waals surface area contributed by atoms with E-state index in [4.69, 9.17) is 10.6 Å². The van der Waals surface area contributed by atoms with E-state index in [2.05, 4.69) is 15.7 Å². The second kappa shape index (κ2) is 8.47. The average molecular weight is 281 g/mol. The summed E-state index contributed by atoms with van der Waals surface area (Å²) in [6.07, 6.45) is 1.51. The Balaban J connectivity index is 2.36. The highest BCUT2D eigenvalue weighted by molar-refractivity contribution is 5.99. The fraction of sp³-hybridized carbons (Fsp3) is 0.538. The summed E-state index contributed by atoms with van der Waals surface area (Å²) in [5, 5.41) is 2.77. The van der Waals surface area contributed by atoms with Crippen molar-refractivity contribution in [3.8, 4) is 0 Å². The van der Waals surface area contributed by atoms with E-state index in [1.54, 1.807) is 6.07 Å². The van der Waals surface area contributed by atoms with Crippen molar-refractivity contribution >= 4 is 11.6 Å². The summed E-state index contributed by atoms with van der Waals surface area (Å²) < 4.78 is 5.39. The number of carbonyl (C=O) groups excluding carboxylic acids is 1. The van der Waals surface area contributed by atoms with Gasteiger partial charge in [-0.05, 0) is 27.1 Å². The van der Waals surface area contributed by atoms with Gasteiger partial charge in [-0.1, -0.05) is 0 Å². The van der Waals surface area contributed by atoms with Gasteiger partial charge in [-0.15, -0.1) is 0 Å². The number of nitrogens with two attached hydrogens (primary N) is 1. The molecule has 0 spiro atoms. The molecule has 0 aromatic carbocycles. The minimum Gasteiger partial charge on any atom is -0.378 e. The number of hydrogen-bond acceptors (Lipinski definition) is 6. The Hall–Kier alpha value is -1.70. The maximum absolute atomic E-state index is 12.0. The summed E-state index contributed by atoms with van der Waals surface area (Å²) in [5.41, 5.74) is 4.28. The van der Waals surface area contributed by atoms with Crippen LogP contribution in [-0.2, 0) is 4.74 Å². The lowest BCUT2D eigenvalue weighted by atomic mass is 10.2. The highest BCUT2D eigenvalue weighted by Gasteiger charge is 2.11. The van der Waals surface area contributed by atoms with Crippen LogP contribution in [0.4, 0.5) is 5.69 Å². The number of carbonyl (C=O) groups is 1. The van der Waals surface area contributed by atoms with Crippen LogP contribution >= 0.6 is 0 Å². The molecule has 7 nitrogen and oxygen atoms in total. The van der Waals surface area contributed by atoms with Crippen LogP contribution in [0.3, 0.4) is 0 Å². The van der Waals surface area contributed by atoms with Crippen molar-refractivity contribution < 1.29 is 9.53 Å². The molecule has 1 heterocycles. The molecule has 1 aromatic heterocycles. The minimum atomic E-state index is -0.221. The molecular formula is C13H23N5O2. The molecular weight excluding hydrogens is 258 g/mol. The van der Waals surface area contributed by atoms with Crippen LogP contribution in [0, 0.1) is 6.92 Å². The van der Waals surface area contributed by atoms with E-state index >= 15 is 0 Å². The van der Waals surface area contributed by atoms with Crippen molar-refractivity contribution in [2.45, 2.75) is 6.92 Å².